The fourth-order valence-corrected chi connectivity index (χ4v) is 5.38. The fraction of sp³-hybridized carbons (Fsp3) is 1.00. The maximum Gasteiger partial charge on any atom is 0.500 e. The summed E-state index contributed by atoms with van der Waals surface area (Å²) < 4.78 is 21.9. The molecule has 3 N–H and O–H groups in total. The van der Waals surface area contributed by atoms with Gasteiger partial charge in [-0.15, -0.1) is 0 Å². The Morgan fingerprint density at radius 3 is 2.39 bits per heavy atom. The number of ether oxygens (including phenoxy) is 1. The van der Waals surface area contributed by atoms with E-state index < -0.39 is 14.5 Å². The zero-order valence-corrected chi connectivity index (χ0v) is 16.2. The van der Waals surface area contributed by atoms with Gasteiger partial charge < -0.3 is 28.9 Å². The molecular weight excluding hydrogens is 314 g/mol. The van der Waals surface area contributed by atoms with E-state index in [1.54, 1.807) is 21.3 Å². The van der Waals surface area contributed by atoms with Gasteiger partial charge in [-0.25, -0.2) is 0 Å². The number of rotatable bonds is 11. The highest BCUT2D eigenvalue weighted by molar-refractivity contribution is 6.60. The molecule has 1 fully saturated rings. The minimum Gasteiger partial charge on any atom is -0.382 e. The van der Waals surface area contributed by atoms with Crippen LogP contribution in [0.3, 0.4) is 0 Å². The lowest BCUT2D eigenvalue weighted by molar-refractivity contribution is -0.0631. The van der Waals surface area contributed by atoms with E-state index in [0.717, 1.165) is 51.4 Å². The summed E-state index contributed by atoms with van der Waals surface area (Å²) in [6, 6.07) is 0.801. The fourth-order valence-electron chi connectivity index (χ4n) is 3.51. The van der Waals surface area contributed by atoms with E-state index in [2.05, 4.69) is 0 Å². The van der Waals surface area contributed by atoms with Crippen molar-refractivity contribution in [3.63, 3.8) is 0 Å². The molecule has 3 unspecified atom stereocenters. The van der Waals surface area contributed by atoms with Crippen molar-refractivity contribution in [1.29, 1.82) is 0 Å². The van der Waals surface area contributed by atoms with Crippen LogP contribution in [0.25, 0.3) is 0 Å². The van der Waals surface area contributed by atoms with Gasteiger partial charge in [0.1, 0.15) is 5.72 Å². The van der Waals surface area contributed by atoms with E-state index in [4.69, 9.17) is 23.7 Å². The molecule has 6 nitrogen and oxygen atoms in total. The third-order valence-corrected chi connectivity index (χ3v) is 7.88. The lowest BCUT2D eigenvalue weighted by Gasteiger charge is -2.41. The van der Waals surface area contributed by atoms with Gasteiger partial charge in [0.25, 0.3) is 0 Å². The molecule has 0 aromatic heterocycles. The topological polar surface area (TPSA) is 83.2 Å². The number of aliphatic hydroxyl groups is 1. The normalized spacial score (nSPS) is 29.0. The number of nitrogens with two attached hydrogens (primary N) is 1. The largest absolute Gasteiger partial charge is 0.500 e. The standard InChI is InChI=1S/C16H35NO5Si/c1-5-22-11-6-7-15-13-14(8-10-16(15,17)18)9-12-23(19-2,20-3)21-4/h14-15,18H,5-13,17H2,1-4H3. The molecule has 0 saturated heterocycles. The van der Waals surface area contributed by atoms with Crippen LogP contribution >= 0.6 is 0 Å². The maximum atomic E-state index is 10.4. The third-order valence-electron chi connectivity index (χ3n) is 5.12. The summed E-state index contributed by atoms with van der Waals surface area (Å²) in [5.41, 5.74) is 5.07. The Morgan fingerprint density at radius 2 is 1.83 bits per heavy atom. The van der Waals surface area contributed by atoms with Gasteiger partial charge in [-0.1, -0.05) is 0 Å². The Morgan fingerprint density at radius 1 is 1.17 bits per heavy atom. The molecule has 3 atom stereocenters. The molecular formula is C16H35NO5Si. The summed E-state index contributed by atoms with van der Waals surface area (Å²) in [7, 11) is 2.44. The molecule has 0 heterocycles. The highest BCUT2D eigenvalue weighted by Gasteiger charge is 2.42. The van der Waals surface area contributed by atoms with Crippen molar-refractivity contribution in [2.75, 3.05) is 34.5 Å². The lowest BCUT2D eigenvalue weighted by atomic mass is 9.73. The number of hydrogen-bond acceptors (Lipinski definition) is 6. The van der Waals surface area contributed by atoms with Crippen LogP contribution in [-0.2, 0) is 18.0 Å². The summed E-state index contributed by atoms with van der Waals surface area (Å²) in [6.45, 7) is 3.46. The Bertz CT molecular complexity index is 317. The molecule has 0 aromatic rings. The van der Waals surface area contributed by atoms with Gasteiger partial charge >= 0.3 is 8.80 Å². The first-order chi connectivity index (χ1) is 10.9. The summed E-state index contributed by atoms with van der Waals surface area (Å²) in [5.74, 6) is 0.661. The van der Waals surface area contributed by atoms with Crippen molar-refractivity contribution >= 4 is 8.80 Å². The second-order valence-corrected chi connectivity index (χ2v) is 9.59. The third kappa shape index (κ3) is 6.41. The van der Waals surface area contributed by atoms with Crippen LogP contribution < -0.4 is 5.73 Å². The van der Waals surface area contributed by atoms with Crippen LogP contribution in [0.15, 0.2) is 0 Å². The minimum absolute atomic E-state index is 0.130. The molecule has 7 heteroatoms. The Hall–Kier alpha value is -0.0231. The molecule has 1 aliphatic rings. The average Bonchev–Trinajstić information content (AvgIpc) is 2.55. The first-order valence-corrected chi connectivity index (χ1v) is 10.6. The molecule has 23 heavy (non-hydrogen) atoms. The van der Waals surface area contributed by atoms with E-state index in [9.17, 15) is 5.11 Å². The predicted octanol–water partition coefficient (Wildman–Crippen LogP) is 2.13. The zero-order valence-electron chi connectivity index (χ0n) is 15.2. The van der Waals surface area contributed by atoms with Crippen molar-refractivity contribution in [1.82, 2.24) is 0 Å². The molecule has 138 valence electrons. The van der Waals surface area contributed by atoms with Gasteiger partial charge in [-0.2, -0.15) is 0 Å². The summed E-state index contributed by atoms with van der Waals surface area (Å²) in [4.78, 5) is 0. The first-order valence-electron chi connectivity index (χ1n) is 8.67. The predicted molar refractivity (Wildman–Crippen MR) is 91.9 cm³/mol. The zero-order chi connectivity index (χ0) is 17.3. The van der Waals surface area contributed by atoms with Crippen molar-refractivity contribution in [3.8, 4) is 0 Å². The molecule has 1 saturated carbocycles. The van der Waals surface area contributed by atoms with Gasteiger partial charge in [0, 0.05) is 46.5 Å². The van der Waals surface area contributed by atoms with Gasteiger partial charge in [-0.05, 0) is 51.4 Å². The highest BCUT2D eigenvalue weighted by Crippen LogP contribution is 2.39. The summed E-state index contributed by atoms with van der Waals surface area (Å²) >= 11 is 0. The van der Waals surface area contributed by atoms with Crippen LogP contribution in [0.2, 0.25) is 6.04 Å². The van der Waals surface area contributed by atoms with Crippen molar-refractivity contribution in [2.24, 2.45) is 17.6 Å². The van der Waals surface area contributed by atoms with Crippen LogP contribution in [0.1, 0.15) is 45.4 Å². The Kier molecular flexibility index (Phi) is 9.21. The molecule has 1 aliphatic carbocycles. The summed E-state index contributed by atoms with van der Waals surface area (Å²) in [5, 5.41) is 10.4. The molecule has 0 bridgehead atoms. The Labute approximate surface area is 142 Å². The SMILES string of the molecule is CCOCCCC1CC(CC[Si](OC)(OC)OC)CCC1(N)O. The molecule has 0 aromatic carbocycles. The van der Waals surface area contributed by atoms with E-state index >= 15 is 0 Å². The maximum absolute atomic E-state index is 10.4. The van der Waals surface area contributed by atoms with Crippen LogP contribution in [-0.4, -0.2) is 54.2 Å². The number of hydrogen-bond donors (Lipinski definition) is 2. The van der Waals surface area contributed by atoms with E-state index in [-0.39, 0.29) is 5.92 Å². The van der Waals surface area contributed by atoms with Crippen molar-refractivity contribution in [2.45, 2.75) is 57.2 Å². The van der Waals surface area contributed by atoms with Crippen molar-refractivity contribution < 1.29 is 23.1 Å². The van der Waals surface area contributed by atoms with Crippen molar-refractivity contribution in [3.05, 3.63) is 0 Å². The average molecular weight is 350 g/mol. The molecule has 0 spiro atoms. The van der Waals surface area contributed by atoms with Gasteiger partial charge in [-0.3, -0.25) is 0 Å². The van der Waals surface area contributed by atoms with Gasteiger partial charge in [0.2, 0.25) is 0 Å². The molecule has 0 radical (unpaired) electrons. The van der Waals surface area contributed by atoms with Crippen LogP contribution in [0.4, 0.5) is 0 Å². The van der Waals surface area contributed by atoms with Crippen LogP contribution in [0.5, 0.6) is 0 Å². The first kappa shape index (κ1) is 21.0. The molecule has 1 rings (SSSR count). The van der Waals surface area contributed by atoms with E-state index in [1.807, 2.05) is 6.92 Å². The quantitative estimate of drug-likeness (QED) is 0.338. The van der Waals surface area contributed by atoms with E-state index in [0.29, 0.717) is 12.3 Å². The van der Waals surface area contributed by atoms with Gasteiger partial charge in [0.15, 0.2) is 0 Å². The second kappa shape index (κ2) is 10.1. The summed E-state index contributed by atoms with van der Waals surface area (Å²) in [6.07, 6.45) is 5.37. The monoisotopic (exact) mass is 349 g/mol. The van der Waals surface area contributed by atoms with Crippen LogP contribution in [0, 0.1) is 11.8 Å². The van der Waals surface area contributed by atoms with E-state index in [1.165, 1.54) is 0 Å². The second-order valence-electron chi connectivity index (χ2n) is 6.50. The Balaban J connectivity index is 2.49. The molecule has 0 amide bonds. The van der Waals surface area contributed by atoms with Gasteiger partial charge in [0.05, 0.1) is 0 Å². The minimum atomic E-state index is -2.51. The highest BCUT2D eigenvalue weighted by atomic mass is 28.4. The lowest BCUT2D eigenvalue weighted by Crippen LogP contribution is -2.51. The smallest absolute Gasteiger partial charge is 0.382 e. The molecule has 0 aliphatic heterocycles.